The molecule has 3 N–H and O–H groups in total. The van der Waals surface area contributed by atoms with Crippen LogP contribution in [0.3, 0.4) is 0 Å². The summed E-state index contributed by atoms with van der Waals surface area (Å²) in [6.45, 7) is 1.08. The molecular formula is C23H24N4O3. The summed E-state index contributed by atoms with van der Waals surface area (Å²) in [5, 5.41) is 2.90. The number of primary amides is 1. The first kappa shape index (κ1) is 21.0. The van der Waals surface area contributed by atoms with Gasteiger partial charge >= 0.3 is 0 Å². The van der Waals surface area contributed by atoms with E-state index >= 15 is 0 Å². The van der Waals surface area contributed by atoms with E-state index in [1.807, 2.05) is 62.6 Å². The number of nitrogens with zero attached hydrogens (tertiary/aromatic N) is 2. The Kier molecular flexibility index (Phi) is 6.77. The number of aromatic nitrogens is 1. The van der Waals surface area contributed by atoms with Gasteiger partial charge in [-0.2, -0.15) is 0 Å². The fraction of sp³-hybridized carbons (Fsp3) is 0.174. The van der Waals surface area contributed by atoms with Gasteiger partial charge in [-0.3, -0.25) is 14.6 Å². The van der Waals surface area contributed by atoms with Gasteiger partial charge in [-0.05, 0) is 55.6 Å². The Hall–Kier alpha value is -3.71. The zero-order valence-electron chi connectivity index (χ0n) is 17.0. The molecule has 154 valence electrons. The number of pyridine rings is 1. The van der Waals surface area contributed by atoms with Crippen LogP contribution in [0.15, 0.2) is 67.0 Å². The molecule has 0 aliphatic carbocycles. The first-order chi connectivity index (χ1) is 14.4. The van der Waals surface area contributed by atoms with Gasteiger partial charge in [0, 0.05) is 24.0 Å². The highest BCUT2D eigenvalue weighted by Crippen LogP contribution is 2.17. The van der Waals surface area contributed by atoms with Crippen LogP contribution in [0.2, 0.25) is 0 Å². The topological polar surface area (TPSA) is 97.6 Å². The monoisotopic (exact) mass is 404 g/mol. The van der Waals surface area contributed by atoms with Crippen molar-refractivity contribution in [1.82, 2.24) is 9.88 Å². The summed E-state index contributed by atoms with van der Waals surface area (Å²) in [5.41, 5.74) is 8.80. The Labute approximate surface area is 175 Å². The van der Waals surface area contributed by atoms with Gasteiger partial charge in [-0.25, -0.2) is 0 Å². The summed E-state index contributed by atoms with van der Waals surface area (Å²) in [5.74, 6) is -0.297. The predicted molar refractivity (Wildman–Crippen MR) is 115 cm³/mol. The Bertz CT molecular complexity index is 1030. The number of amides is 2. The minimum Gasteiger partial charge on any atom is -0.487 e. The van der Waals surface area contributed by atoms with Crippen LogP contribution in [0.4, 0.5) is 5.69 Å². The second-order valence-electron chi connectivity index (χ2n) is 7.15. The minimum absolute atomic E-state index is 0.178. The molecule has 0 aliphatic rings. The van der Waals surface area contributed by atoms with Crippen molar-refractivity contribution in [3.05, 3.63) is 89.2 Å². The highest BCUT2D eigenvalue weighted by Gasteiger charge is 2.08. The zero-order chi connectivity index (χ0) is 21.5. The fourth-order valence-corrected chi connectivity index (χ4v) is 2.87. The highest BCUT2D eigenvalue weighted by atomic mass is 16.5. The van der Waals surface area contributed by atoms with Gasteiger partial charge in [0.15, 0.2) is 0 Å². The summed E-state index contributed by atoms with van der Waals surface area (Å²) >= 11 is 0. The summed E-state index contributed by atoms with van der Waals surface area (Å²) in [7, 11) is 4.00. The Morgan fingerprint density at radius 2 is 1.77 bits per heavy atom. The molecule has 0 unspecified atom stereocenters. The third-order valence-electron chi connectivity index (χ3n) is 4.30. The van der Waals surface area contributed by atoms with Gasteiger partial charge in [0.05, 0.1) is 11.8 Å². The Morgan fingerprint density at radius 3 is 2.47 bits per heavy atom. The third-order valence-corrected chi connectivity index (χ3v) is 4.30. The molecule has 0 aliphatic heterocycles. The maximum Gasteiger partial charge on any atom is 0.255 e. The van der Waals surface area contributed by atoms with E-state index in [0.29, 0.717) is 17.0 Å². The SMILES string of the molecule is CN(C)Cc1ccc(C(=O)Nc2cccc(COc3cncc(C(N)=O)c3)c2)cc1. The van der Waals surface area contributed by atoms with E-state index in [0.717, 1.165) is 17.7 Å². The maximum absolute atomic E-state index is 12.5. The molecule has 3 rings (SSSR count). The lowest BCUT2D eigenvalue weighted by atomic mass is 10.1. The lowest BCUT2D eigenvalue weighted by Gasteiger charge is -2.11. The summed E-state index contributed by atoms with van der Waals surface area (Å²) in [6.07, 6.45) is 2.90. The molecule has 7 nitrogen and oxygen atoms in total. The summed E-state index contributed by atoms with van der Waals surface area (Å²) < 4.78 is 5.69. The normalized spacial score (nSPS) is 10.6. The zero-order valence-corrected chi connectivity index (χ0v) is 17.0. The first-order valence-corrected chi connectivity index (χ1v) is 9.42. The first-order valence-electron chi connectivity index (χ1n) is 9.42. The molecule has 30 heavy (non-hydrogen) atoms. The van der Waals surface area contributed by atoms with Crippen LogP contribution in [0.5, 0.6) is 5.75 Å². The highest BCUT2D eigenvalue weighted by molar-refractivity contribution is 6.04. The summed E-state index contributed by atoms with van der Waals surface area (Å²) in [4.78, 5) is 29.8. The van der Waals surface area contributed by atoms with E-state index in [1.54, 1.807) is 6.07 Å². The summed E-state index contributed by atoms with van der Waals surface area (Å²) in [6, 6.07) is 16.5. The van der Waals surface area contributed by atoms with Crippen molar-refractivity contribution in [2.24, 2.45) is 5.73 Å². The van der Waals surface area contributed by atoms with Crippen LogP contribution < -0.4 is 15.8 Å². The average molecular weight is 404 g/mol. The molecule has 2 amide bonds. The number of carbonyl (C=O) groups excluding carboxylic acids is 2. The number of nitrogens with one attached hydrogen (secondary N) is 1. The quantitative estimate of drug-likeness (QED) is 0.601. The molecule has 0 saturated carbocycles. The van der Waals surface area contributed by atoms with Gasteiger partial charge in [-0.1, -0.05) is 24.3 Å². The van der Waals surface area contributed by atoms with Crippen molar-refractivity contribution in [3.8, 4) is 5.75 Å². The van der Waals surface area contributed by atoms with Crippen molar-refractivity contribution in [3.63, 3.8) is 0 Å². The number of nitrogens with two attached hydrogens (primary N) is 1. The van der Waals surface area contributed by atoms with E-state index < -0.39 is 5.91 Å². The van der Waals surface area contributed by atoms with E-state index in [4.69, 9.17) is 10.5 Å². The third kappa shape index (κ3) is 5.89. The molecule has 0 radical (unpaired) electrons. The molecule has 0 bridgehead atoms. The van der Waals surface area contributed by atoms with Gasteiger partial charge in [-0.15, -0.1) is 0 Å². The second kappa shape index (κ2) is 9.67. The van der Waals surface area contributed by atoms with Crippen LogP contribution >= 0.6 is 0 Å². The van der Waals surface area contributed by atoms with Gasteiger partial charge in [0.1, 0.15) is 12.4 Å². The van der Waals surface area contributed by atoms with Crippen LogP contribution in [-0.2, 0) is 13.2 Å². The molecule has 1 heterocycles. The number of hydrogen-bond acceptors (Lipinski definition) is 5. The lowest BCUT2D eigenvalue weighted by Crippen LogP contribution is -2.13. The lowest BCUT2D eigenvalue weighted by molar-refractivity contribution is 0.0997. The average Bonchev–Trinajstić information content (AvgIpc) is 2.73. The smallest absolute Gasteiger partial charge is 0.255 e. The van der Waals surface area contributed by atoms with Gasteiger partial charge in [0.2, 0.25) is 5.91 Å². The molecular weight excluding hydrogens is 380 g/mol. The Morgan fingerprint density at radius 1 is 1.00 bits per heavy atom. The van der Waals surface area contributed by atoms with Crippen molar-refractivity contribution in [1.29, 1.82) is 0 Å². The van der Waals surface area contributed by atoms with Crippen LogP contribution in [-0.4, -0.2) is 35.8 Å². The van der Waals surface area contributed by atoms with Gasteiger partial charge < -0.3 is 20.7 Å². The minimum atomic E-state index is -0.563. The predicted octanol–water partition coefficient (Wildman–Crippen LogP) is 3.07. The molecule has 0 atom stereocenters. The number of carbonyl (C=O) groups is 2. The maximum atomic E-state index is 12.5. The largest absolute Gasteiger partial charge is 0.487 e. The van der Waals surface area contributed by atoms with E-state index in [9.17, 15) is 9.59 Å². The van der Waals surface area contributed by atoms with E-state index in [-0.39, 0.29) is 18.1 Å². The number of benzene rings is 2. The molecule has 0 saturated heterocycles. The van der Waals surface area contributed by atoms with Crippen LogP contribution in [0.25, 0.3) is 0 Å². The second-order valence-corrected chi connectivity index (χ2v) is 7.15. The molecule has 0 spiro atoms. The van der Waals surface area contributed by atoms with E-state index in [1.165, 1.54) is 12.4 Å². The fourth-order valence-electron chi connectivity index (χ4n) is 2.87. The number of ether oxygens (including phenoxy) is 1. The standard InChI is InChI=1S/C23H24N4O3/c1-27(2)14-16-6-8-18(9-7-16)23(29)26-20-5-3-4-17(10-20)15-30-21-11-19(22(24)28)12-25-13-21/h3-13H,14-15H2,1-2H3,(H2,24,28)(H,26,29). The van der Waals surface area contributed by atoms with Crippen molar-refractivity contribution >= 4 is 17.5 Å². The van der Waals surface area contributed by atoms with Crippen LogP contribution in [0, 0.1) is 0 Å². The number of rotatable bonds is 8. The van der Waals surface area contributed by atoms with Crippen molar-refractivity contribution in [2.75, 3.05) is 19.4 Å². The van der Waals surface area contributed by atoms with Crippen molar-refractivity contribution < 1.29 is 14.3 Å². The molecule has 0 fully saturated rings. The number of anilines is 1. The van der Waals surface area contributed by atoms with Crippen LogP contribution in [0.1, 0.15) is 31.8 Å². The molecule has 7 heteroatoms. The Balaban J connectivity index is 1.61. The van der Waals surface area contributed by atoms with Gasteiger partial charge in [0.25, 0.3) is 5.91 Å². The van der Waals surface area contributed by atoms with Crippen molar-refractivity contribution in [2.45, 2.75) is 13.2 Å². The molecule has 3 aromatic rings. The molecule has 1 aromatic heterocycles. The molecule has 2 aromatic carbocycles. The van der Waals surface area contributed by atoms with E-state index in [2.05, 4.69) is 15.2 Å². The number of hydrogen-bond donors (Lipinski definition) is 2.